The summed E-state index contributed by atoms with van der Waals surface area (Å²) < 4.78 is 4.80. The lowest BCUT2D eigenvalue weighted by Gasteiger charge is -2.12. The van der Waals surface area contributed by atoms with Crippen LogP contribution in [0.3, 0.4) is 0 Å². The van der Waals surface area contributed by atoms with Gasteiger partial charge < -0.3 is 10.1 Å². The fourth-order valence-corrected chi connectivity index (χ4v) is 0.911. The van der Waals surface area contributed by atoms with Crippen molar-refractivity contribution in [3.63, 3.8) is 0 Å². The minimum absolute atomic E-state index is 0.324. The number of rotatable bonds is 6. The maximum atomic E-state index is 11.3. The molecule has 0 bridgehead atoms. The molecular weight excluding hydrogens is 182 g/mol. The molecule has 1 N–H and O–H groups in total. The highest BCUT2D eigenvalue weighted by Crippen LogP contribution is 2.00. The van der Waals surface area contributed by atoms with Crippen molar-refractivity contribution in [2.75, 3.05) is 6.61 Å². The lowest BCUT2D eigenvalue weighted by Crippen LogP contribution is -2.36. The maximum Gasteiger partial charge on any atom is 0.328 e. The molecular formula is C10H17NO3. The second-order valence-corrected chi connectivity index (χ2v) is 3.11. The van der Waals surface area contributed by atoms with E-state index in [2.05, 4.69) is 5.32 Å². The number of carbonyl (C=O) groups excluding carboxylic acids is 2. The van der Waals surface area contributed by atoms with Crippen molar-refractivity contribution in [2.24, 2.45) is 0 Å². The summed E-state index contributed by atoms with van der Waals surface area (Å²) in [7, 11) is 0. The van der Waals surface area contributed by atoms with Crippen LogP contribution in [0.25, 0.3) is 0 Å². The summed E-state index contributed by atoms with van der Waals surface area (Å²) in [4.78, 5) is 21.5. The van der Waals surface area contributed by atoms with E-state index in [1.165, 1.54) is 0 Å². The maximum absolute atomic E-state index is 11.3. The summed E-state index contributed by atoms with van der Waals surface area (Å²) in [6.45, 7) is 5.92. The monoisotopic (exact) mass is 199 g/mol. The van der Waals surface area contributed by atoms with E-state index < -0.39 is 12.0 Å². The molecule has 14 heavy (non-hydrogen) atoms. The third kappa shape index (κ3) is 5.35. The number of allylic oxidation sites excluding steroid dienone is 1. The molecule has 0 aliphatic rings. The first-order chi connectivity index (χ1) is 6.61. The number of hydrogen-bond donors (Lipinski definition) is 1. The highest BCUT2D eigenvalue weighted by Gasteiger charge is 2.16. The predicted octanol–water partition coefficient (Wildman–Crippen LogP) is 1.02. The standard InChI is InChI=1S/C10H17NO3/c1-4-14-10(13)9(11-7-12)6-5-8(2)3/h5,7,9H,4,6H2,1-3H3,(H,11,12). The second kappa shape index (κ2) is 7.12. The van der Waals surface area contributed by atoms with Crippen LogP contribution in [0.1, 0.15) is 27.2 Å². The number of hydrogen-bond acceptors (Lipinski definition) is 3. The molecule has 0 fully saturated rings. The molecule has 4 nitrogen and oxygen atoms in total. The normalized spacial score (nSPS) is 11.4. The first-order valence-electron chi connectivity index (χ1n) is 4.61. The van der Waals surface area contributed by atoms with E-state index in [-0.39, 0.29) is 0 Å². The van der Waals surface area contributed by atoms with Gasteiger partial charge in [-0.05, 0) is 27.2 Å². The Labute approximate surface area is 84.3 Å². The smallest absolute Gasteiger partial charge is 0.328 e. The first kappa shape index (κ1) is 12.7. The minimum atomic E-state index is -0.567. The van der Waals surface area contributed by atoms with Crippen molar-refractivity contribution in [1.29, 1.82) is 0 Å². The molecule has 0 aromatic carbocycles. The molecule has 0 aromatic heterocycles. The molecule has 0 saturated carbocycles. The molecule has 0 saturated heterocycles. The van der Waals surface area contributed by atoms with Gasteiger partial charge in [0.15, 0.2) is 0 Å². The van der Waals surface area contributed by atoms with Gasteiger partial charge in [0.25, 0.3) is 0 Å². The average molecular weight is 199 g/mol. The van der Waals surface area contributed by atoms with Gasteiger partial charge in [0.1, 0.15) is 6.04 Å². The van der Waals surface area contributed by atoms with Crippen LogP contribution in [0, 0.1) is 0 Å². The van der Waals surface area contributed by atoms with E-state index in [9.17, 15) is 9.59 Å². The number of esters is 1. The fraction of sp³-hybridized carbons (Fsp3) is 0.600. The van der Waals surface area contributed by atoms with Gasteiger partial charge in [-0.15, -0.1) is 0 Å². The Morgan fingerprint density at radius 2 is 2.14 bits per heavy atom. The van der Waals surface area contributed by atoms with E-state index >= 15 is 0 Å². The molecule has 0 rings (SSSR count). The molecule has 1 unspecified atom stereocenters. The Balaban J connectivity index is 4.20. The second-order valence-electron chi connectivity index (χ2n) is 3.11. The average Bonchev–Trinajstić information content (AvgIpc) is 2.12. The lowest BCUT2D eigenvalue weighted by molar-refractivity contribution is -0.146. The molecule has 0 spiro atoms. The van der Waals surface area contributed by atoms with Gasteiger partial charge in [-0.25, -0.2) is 4.79 Å². The summed E-state index contributed by atoms with van der Waals surface area (Å²) >= 11 is 0. The van der Waals surface area contributed by atoms with Gasteiger partial charge in [0.2, 0.25) is 6.41 Å². The summed E-state index contributed by atoms with van der Waals surface area (Å²) in [5.74, 6) is -0.392. The molecule has 0 aromatic rings. The molecule has 0 radical (unpaired) electrons. The molecule has 80 valence electrons. The number of ether oxygens (including phenoxy) is 1. The Bertz CT molecular complexity index is 219. The van der Waals surface area contributed by atoms with Crippen LogP contribution in [0.4, 0.5) is 0 Å². The van der Waals surface area contributed by atoms with Crippen LogP contribution in [0.2, 0.25) is 0 Å². The van der Waals surface area contributed by atoms with Gasteiger partial charge in [-0.1, -0.05) is 11.6 Å². The van der Waals surface area contributed by atoms with Crippen LogP contribution < -0.4 is 5.32 Å². The summed E-state index contributed by atoms with van der Waals surface area (Å²) in [6, 6.07) is -0.567. The summed E-state index contributed by atoms with van der Waals surface area (Å²) in [5.41, 5.74) is 1.10. The highest BCUT2D eigenvalue weighted by molar-refractivity contribution is 5.78. The Morgan fingerprint density at radius 3 is 2.57 bits per heavy atom. The highest BCUT2D eigenvalue weighted by atomic mass is 16.5. The van der Waals surface area contributed by atoms with Crippen molar-refractivity contribution in [1.82, 2.24) is 5.32 Å². The van der Waals surface area contributed by atoms with Crippen molar-refractivity contribution >= 4 is 12.4 Å². The van der Waals surface area contributed by atoms with Crippen LogP contribution in [-0.4, -0.2) is 25.0 Å². The molecule has 1 amide bonds. The van der Waals surface area contributed by atoms with E-state index in [4.69, 9.17) is 4.74 Å². The topological polar surface area (TPSA) is 55.4 Å². The Hall–Kier alpha value is -1.32. The van der Waals surface area contributed by atoms with Gasteiger partial charge in [-0.2, -0.15) is 0 Å². The SMILES string of the molecule is CCOC(=O)C(CC=C(C)C)NC=O. The van der Waals surface area contributed by atoms with Crippen molar-refractivity contribution in [3.05, 3.63) is 11.6 Å². The Kier molecular flexibility index (Phi) is 6.45. The fourth-order valence-electron chi connectivity index (χ4n) is 0.911. The van der Waals surface area contributed by atoms with E-state index in [1.807, 2.05) is 19.9 Å². The van der Waals surface area contributed by atoms with Crippen molar-refractivity contribution in [2.45, 2.75) is 33.2 Å². The van der Waals surface area contributed by atoms with E-state index in [0.717, 1.165) is 5.57 Å². The third-order valence-electron chi connectivity index (χ3n) is 1.60. The largest absolute Gasteiger partial charge is 0.464 e. The van der Waals surface area contributed by atoms with Crippen LogP contribution in [-0.2, 0) is 14.3 Å². The van der Waals surface area contributed by atoms with Crippen LogP contribution in [0.5, 0.6) is 0 Å². The molecule has 0 heterocycles. The summed E-state index contributed by atoms with van der Waals surface area (Å²) in [6.07, 6.45) is 2.87. The van der Waals surface area contributed by atoms with Gasteiger partial charge in [0, 0.05) is 0 Å². The molecule has 0 aliphatic carbocycles. The van der Waals surface area contributed by atoms with E-state index in [0.29, 0.717) is 19.4 Å². The van der Waals surface area contributed by atoms with Gasteiger partial charge in [0.05, 0.1) is 6.61 Å². The zero-order valence-electron chi connectivity index (χ0n) is 8.87. The predicted molar refractivity (Wildman–Crippen MR) is 53.7 cm³/mol. The lowest BCUT2D eigenvalue weighted by atomic mass is 10.1. The number of amides is 1. The minimum Gasteiger partial charge on any atom is -0.464 e. The Morgan fingerprint density at radius 1 is 1.50 bits per heavy atom. The van der Waals surface area contributed by atoms with E-state index in [1.54, 1.807) is 6.92 Å². The van der Waals surface area contributed by atoms with Crippen molar-refractivity contribution in [3.8, 4) is 0 Å². The van der Waals surface area contributed by atoms with Crippen LogP contribution in [0.15, 0.2) is 11.6 Å². The summed E-state index contributed by atoms with van der Waals surface area (Å²) in [5, 5.41) is 2.42. The third-order valence-corrected chi connectivity index (χ3v) is 1.60. The quantitative estimate of drug-likeness (QED) is 0.395. The number of carbonyl (C=O) groups is 2. The zero-order chi connectivity index (χ0) is 11.0. The molecule has 0 aliphatic heterocycles. The molecule has 4 heteroatoms. The molecule has 1 atom stereocenters. The number of nitrogens with one attached hydrogen (secondary N) is 1. The van der Waals surface area contributed by atoms with Gasteiger partial charge in [-0.3, -0.25) is 4.79 Å². The van der Waals surface area contributed by atoms with Crippen LogP contribution >= 0.6 is 0 Å². The van der Waals surface area contributed by atoms with Gasteiger partial charge >= 0.3 is 5.97 Å². The first-order valence-corrected chi connectivity index (χ1v) is 4.61. The zero-order valence-corrected chi connectivity index (χ0v) is 8.87. The van der Waals surface area contributed by atoms with Crippen molar-refractivity contribution < 1.29 is 14.3 Å².